The second-order valence-electron chi connectivity index (χ2n) is 4.36. The predicted octanol–water partition coefficient (Wildman–Crippen LogP) is 1.79. The molecule has 0 saturated carbocycles. The molecule has 18 heavy (non-hydrogen) atoms. The molecule has 0 spiro atoms. The Labute approximate surface area is 107 Å². The van der Waals surface area contributed by atoms with Gasteiger partial charge in [0.25, 0.3) is 0 Å². The maximum Gasteiger partial charge on any atom is 0.222 e. The van der Waals surface area contributed by atoms with E-state index in [1.165, 1.54) is 0 Å². The number of rotatable bonds is 4. The minimum absolute atomic E-state index is 0. The quantitative estimate of drug-likeness (QED) is 0.894. The van der Waals surface area contributed by atoms with E-state index in [-0.39, 0.29) is 13.3 Å². The zero-order valence-electron chi connectivity index (χ0n) is 10.5. The molecule has 1 amide bonds. The van der Waals surface area contributed by atoms with Crippen LogP contribution in [0.5, 0.6) is 0 Å². The summed E-state index contributed by atoms with van der Waals surface area (Å²) < 4.78 is 1.69. The number of amides is 1. The van der Waals surface area contributed by atoms with Crippen molar-refractivity contribution >= 4 is 5.91 Å². The fourth-order valence-corrected chi connectivity index (χ4v) is 1.47. The Morgan fingerprint density at radius 1 is 1.39 bits per heavy atom. The van der Waals surface area contributed by atoms with Crippen LogP contribution in [0, 0.1) is 5.92 Å². The molecule has 1 N–H and O–H groups in total. The number of aromatic nitrogens is 3. The second kappa shape index (κ2) is 5.44. The molecule has 0 saturated heterocycles. The number of carbonyl (C=O) groups is 1. The number of para-hydroxylation sites is 1. The number of benzene rings is 1. The molecular formula is C13H18N4O. The van der Waals surface area contributed by atoms with Crippen molar-refractivity contribution in [1.29, 1.82) is 0 Å². The summed E-state index contributed by atoms with van der Waals surface area (Å²) in [5, 5.41) is 10.9. The lowest BCUT2D eigenvalue weighted by Gasteiger charge is -2.04. The molecule has 5 heteroatoms. The molecule has 0 fully saturated rings. The molecule has 0 atom stereocenters. The van der Waals surface area contributed by atoms with Crippen molar-refractivity contribution in [2.45, 2.75) is 20.4 Å². The number of hydrogen-bond donors (Lipinski definition) is 1. The Bertz CT molecular complexity index is 524. The van der Waals surface area contributed by atoms with Crippen molar-refractivity contribution in [2.24, 2.45) is 5.92 Å². The first-order valence-electron chi connectivity index (χ1n) is 5.91. The molecule has 0 aliphatic rings. The van der Waals surface area contributed by atoms with E-state index >= 15 is 0 Å². The standard InChI is InChI=1S/C13H16N4O.H2/c1-10(2)13(18)14-8-11-9-17(16-15-11)12-6-4-3-5-7-12;/h3-7,9-10H,8H2,1-2H3,(H,14,18);1H. The van der Waals surface area contributed by atoms with Crippen LogP contribution in [0.1, 0.15) is 21.0 Å². The van der Waals surface area contributed by atoms with Gasteiger partial charge in [-0.2, -0.15) is 0 Å². The number of carbonyl (C=O) groups excluding carboxylic acids is 1. The van der Waals surface area contributed by atoms with Crippen LogP contribution in [0.15, 0.2) is 36.5 Å². The van der Waals surface area contributed by atoms with Gasteiger partial charge in [0.1, 0.15) is 5.69 Å². The highest BCUT2D eigenvalue weighted by atomic mass is 16.1. The first-order chi connectivity index (χ1) is 8.66. The van der Waals surface area contributed by atoms with Gasteiger partial charge in [-0.15, -0.1) is 5.10 Å². The van der Waals surface area contributed by atoms with Crippen LogP contribution < -0.4 is 5.32 Å². The van der Waals surface area contributed by atoms with Crippen molar-refractivity contribution in [3.63, 3.8) is 0 Å². The van der Waals surface area contributed by atoms with Gasteiger partial charge in [-0.25, -0.2) is 4.68 Å². The molecule has 2 aromatic rings. The third-order valence-corrected chi connectivity index (χ3v) is 2.53. The van der Waals surface area contributed by atoms with Gasteiger partial charge in [0.2, 0.25) is 5.91 Å². The Balaban J connectivity index is 0.00000180. The Morgan fingerprint density at radius 3 is 2.78 bits per heavy atom. The second-order valence-corrected chi connectivity index (χ2v) is 4.36. The van der Waals surface area contributed by atoms with E-state index in [1.807, 2.05) is 50.4 Å². The molecule has 5 nitrogen and oxygen atoms in total. The highest BCUT2D eigenvalue weighted by Gasteiger charge is 2.08. The maximum atomic E-state index is 11.4. The fourth-order valence-electron chi connectivity index (χ4n) is 1.47. The fraction of sp³-hybridized carbons (Fsp3) is 0.308. The zero-order valence-corrected chi connectivity index (χ0v) is 10.5. The molecule has 0 radical (unpaired) electrons. The summed E-state index contributed by atoms with van der Waals surface area (Å²) in [6.45, 7) is 4.12. The topological polar surface area (TPSA) is 59.8 Å². The van der Waals surface area contributed by atoms with Gasteiger partial charge in [-0.3, -0.25) is 4.79 Å². The molecule has 0 unspecified atom stereocenters. The highest BCUT2D eigenvalue weighted by molar-refractivity contribution is 5.77. The Kier molecular flexibility index (Phi) is 3.72. The summed E-state index contributed by atoms with van der Waals surface area (Å²) in [6.07, 6.45) is 1.82. The van der Waals surface area contributed by atoms with E-state index in [9.17, 15) is 4.79 Å². The third-order valence-electron chi connectivity index (χ3n) is 2.53. The van der Waals surface area contributed by atoms with Gasteiger partial charge >= 0.3 is 0 Å². The van der Waals surface area contributed by atoms with Crippen LogP contribution in [0.4, 0.5) is 0 Å². The van der Waals surface area contributed by atoms with Gasteiger partial charge in [-0.05, 0) is 12.1 Å². The van der Waals surface area contributed by atoms with Crippen molar-refractivity contribution in [3.8, 4) is 5.69 Å². The van der Waals surface area contributed by atoms with Crippen LogP contribution >= 0.6 is 0 Å². The SMILES string of the molecule is CC(C)C(=O)NCc1cn(-c2ccccc2)nn1.[HH]. The first-order valence-corrected chi connectivity index (χ1v) is 5.91. The average Bonchev–Trinajstić information content (AvgIpc) is 2.85. The van der Waals surface area contributed by atoms with E-state index < -0.39 is 0 Å². The summed E-state index contributed by atoms with van der Waals surface area (Å²) in [5.41, 5.74) is 1.69. The van der Waals surface area contributed by atoms with E-state index in [0.717, 1.165) is 11.4 Å². The molecule has 1 aromatic heterocycles. The predicted molar refractivity (Wildman–Crippen MR) is 70.2 cm³/mol. The van der Waals surface area contributed by atoms with Crippen LogP contribution in [-0.2, 0) is 11.3 Å². The molecule has 2 rings (SSSR count). The molecular weight excluding hydrogens is 228 g/mol. The molecule has 0 bridgehead atoms. The maximum absolute atomic E-state index is 11.4. The van der Waals surface area contributed by atoms with Gasteiger partial charge in [0, 0.05) is 7.34 Å². The summed E-state index contributed by atoms with van der Waals surface area (Å²) in [6, 6.07) is 9.73. The van der Waals surface area contributed by atoms with E-state index in [4.69, 9.17) is 0 Å². The van der Waals surface area contributed by atoms with Crippen molar-refractivity contribution in [2.75, 3.05) is 0 Å². The molecule has 1 aromatic carbocycles. The van der Waals surface area contributed by atoms with Gasteiger partial charge in [0.15, 0.2) is 0 Å². The van der Waals surface area contributed by atoms with Crippen LogP contribution in [0.25, 0.3) is 5.69 Å². The Hall–Kier alpha value is -2.17. The molecule has 1 heterocycles. The number of hydrogen-bond acceptors (Lipinski definition) is 3. The summed E-state index contributed by atoms with van der Waals surface area (Å²) in [4.78, 5) is 11.4. The normalized spacial score (nSPS) is 10.6. The summed E-state index contributed by atoms with van der Waals surface area (Å²) in [7, 11) is 0. The first kappa shape index (κ1) is 12.3. The van der Waals surface area contributed by atoms with E-state index in [0.29, 0.717) is 6.54 Å². The van der Waals surface area contributed by atoms with Crippen molar-refractivity contribution in [3.05, 3.63) is 42.2 Å². The van der Waals surface area contributed by atoms with Gasteiger partial charge < -0.3 is 5.32 Å². The van der Waals surface area contributed by atoms with Crippen LogP contribution in [0.2, 0.25) is 0 Å². The lowest BCUT2D eigenvalue weighted by Crippen LogP contribution is -2.27. The third kappa shape index (κ3) is 2.94. The Morgan fingerprint density at radius 2 is 2.11 bits per heavy atom. The van der Waals surface area contributed by atoms with Gasteiger partial charge in [0.05, 0.1) is 18.4 Å². The average molecular weight is 246 g/mol. The number of nitrogens with zero attached hydrogens (tertiary/aromatic N) is 3. The highest BCUT2D eigenvalue weighted by Crippen LogP contribution is 2.05. The minimum atomic E-state index is -0.0193. The van der Waals surface area contributed by atoms with Crippen LogP contribution in [-0.4, -0.2) is 20.9 Å². The zero-order chi connectivity index (χ0) is 13.0. The number of nitrogens with one attached hydrogen (secondary N) is 1. The van der Waals surface area contributed by atoms with E-state index in [2.05, 4.69) is 15.6 Å². The minimum Gasteiger partial charge on any atom is -0.350 e. The molecule has 0 aliphatic carbocycles. The van der Waals surface area contributed by atoms with Crippen LogP contribution in [0.3, 0.4) is 0 Å². The summed E-state index contributed by atoms with van der Waals surface area (Å²) in [5.74, 6) is -0.00145. The van der Waals surface area contributed by atoms with E-state index in [1.54, 1.807) is 4.68 Å². The van der Waals surface area contributed by atoms with Crippen molar-refractivity contribution in [1.82, 2.24) is 20.3 Å². The molecule has 0 aliphatic heterocycles. The smallest absolute Gasteiger partial charge is 0.222 e. The molecule has 96 valence electrons. The van der Waals surface area contributed by atoms with Gasteiger partial charge in [-0.1, -0.05) is 37.3 Å². The monoisotopic (exact) mass is 246 g/mol. The lowest BCUT2D eigenvalue weighted by atomic mass is 10.2. The largest absolute Gasteiger partial charge is 0.350 e. The lowest BCUT2D eigenvalue weighted by molar-refractivity contribution is -0.124. The summed E-state index contributed by atoms with van der Waals surface area (Å²) >= 11 is 0. The van der Waals surface area contributed by atoms with Crippen molar-refractivity contribution < 1.29 is 6.22 Å².